The molecule has 0 bridgehead atoms. The molecular weight excluding hydrogens is 236 g/mol. The van der Waals surface area contributed by atoms with E-state index in [2.05, 4.69) is 24.1 Å². The molecule has 1 aromatic rings. The van der Waals surface area contributed by atoms with Gasteiger partial charge in [-0.1, -0.05) is 12.1 Å². The van der Waals surface area contributed by atoms with Crippen LogP contribution in [0.3, 0.4) is 0 Å². The van der Waals surface area contributed by atoms with Gasteiger partial charge in [0.15, 0.2) is 0 Å². The van der Waals surface area contributed by atoms with Crippen LogP contribution in [0.5, 0.6) is 5.75 Å². The average Bonchev–Trinajstić information content (AvgIpc) is 2.46. The SMILES string of the molecule is COc1ccc(CCN(C)C2CCC(N)CC2)cc1. The number of likely N-dealkylation sites (N-methyl/N-ethyl adjacent to an activating group) is 1. The zero-order chi connectivity index (χ0) is 13.7. The first kappa shape index (κ1) is 14.4. The molecule has 0 aliphatic heterocycles. The second-order valence-corrected chi connectivity index (χ2v) is 5.65. The van der Waals surface area contributed by atoms with Gasteiger partial charge in [0, 0.05) is 18.6 Å². The Labute approximate surface area is 116 Å². The number of nitrogens with zero attached hydrogens (tertiary/aromatic N) is 1. The molecule has 19 heavy (non-hydrogen) atoms. The normalized spacial score (nSPS) is 23.6. The summed E-state index contributed by atoms with van der Waals surface area (Å²) < 4.78 is 5.18. The third kappa shape index (κ3) is 4.22. The number of hydrogen-bond donors (Lipinski definition) is 1. The Morgan fingerprint density at radius 2 is 1.79 bits per heavy atom. The van der Waals surface area contributed by atoms with E-state index in [4.69, 9.17) is 10.5 Å². The van der Waals surface area contributed by atoms with Crippen molar-refractivity contribution in [1.82, 2.24) is 4.90 Å². The Hall–Kier alpha value is -1.06. The molecule has 0 aromatic heterocycles. The molecule has 1 aliphatic carbocycles. The Bertz CT molecular complexity index is 369. The average molecular weight is 262 g/mol. The molecule has 0 spiro atoms. The Kier molecular flexibility index (Phi) is 5.23. The molecule has 0 atom stereocenters. The van der Waals surface area contributed by atoms with Crippen molar-refractivity contribution in [2.24, 2.45) is 5.73 Å². The fourth-order valence-electron chi connectivity index (χ4n) is 2.82. The molecule has 2 rings (SSSR count). The third-order valence-corrected chi connectivity index (χ3v) is 4.28. The first-order valence-corrected chi connectivity index (χ1v) is 7.28. The topological polar surface area (TPSA) is 38.5 Å². The maximum Gasteiger partial charge on any atom is 0.118 e. The third-order valence-electron chi connectivity index (χ3n) is 4.28. The Morgan fingerprint density at radius 3 is 2.37 bits per heavy atom. The van der Waals surface area contributed by atoms with Crippen LogP contribution in [0.4, 0.5) is 0 Å². The molecule has 1 aliphatic rings. The first-order valence-electron chi connectivity index (χ1n) is 7.28. The van der Waals surface area contributed by atoms with Crippen LogP contribution in [0.1, 0.15) is 31.2 Å². The molecule has 0 heterocycles. The van der Waals surface area contributed by atoms with E-state index < -0.39 is 0 Å². The minimum atomic E-state index is 0.436. The van der Waals surface area contributed by atoms with E-state index >= 15 is 0 Å². The van der Waals surface area contributed by atoms with Crippen LogP contribution in [-0.4, -0.2) is 37.7 Å². The van der Waals surface area contributed by atoms with Gasteiger partial charge in [0.25, 0.3) is 0 Å². The Morgan fingerprint density at radius 1 is 1.16 bits per heavy atom. The second kappa shape index (κ2) is 6.92. The lowest BCUT2D eigenvalue weighted by Crippen LogP contribution is -2.39. The van der Waals surface area contributed by atoms with E-state index in [-0.39, 0.29) is 0 Å². The number of hydrogen-bond acceptors (Lipinski definition) is 3. The molecule has 3 heteroatoms. The van der Waals surface area contributed by atoms with E-state index in [1.807, 2.05) is 12.1 Å². The van der Waals surface area contributed by atoms with E-state index in [1.165, 1.54) is 31.2 Å². The smallest absolute Gasteiger partial charge is 0.118 e. The summed E-state index contributed by atoms with van der Waals surface area (Å²) in [5.41, 5.74) is 7.33. The van der Waals surface area contributed by atoms with E-state index in [9.17, 15) is 0 Å². The summed E-state index contributed by atoms with van der Waals surface area (Å²) in [6, 6.07) is 9.54. The van der Waals surface area contributed by atoms with Gasteiger partial charge in [-0.15, -0.1) is 0 Å². The zero-order valence-corrected chi connectivity index (χ0v) is 12.1. The minimum absolute atomic E-state index is 0.436. The van der Waals surface area contributed by atoms with Gasteiger partial charge in [0.2, 0.25) is 0 Å². The van der Waals surface area contributed by atoms with Crippen LogP contribution in [-0.2, 0) is 6.42 Å². The van der Waals surface area contributed by atoms with Crippen molar-refractivity contribution in [1.29, 1.82) is 0 Å². The van der Waals surface area contributed by atoms with Crippen molar-refractivity contribution >= 4 is 0 Å². The number of rotatable bonds is 5. The number of benzene rings is 1. The summed E-state index contributed by atoms with van der Waals surface area (Å²) >= 11 is 0. The highest BCUT2D eigenvalue weighted by molar-refractivity contribution is 5.27. The summed E-state index contributed by atoms with van der Waals surface area (Å²) in [4.78, 5) is 2.50. The predicted octanol–water partition coefficient (Wildman–Crippen LogP) is 2.44. The fourth-order valence-corrected chi connectivity index (χ4v) is 2.82. The van der Waals surface area contributed by atoms with Crippen molar-refractivity contribution in [2.75, 3.05) is 20.7 Å². The van der Waals surface area contributed by atoms with Crippen molar-refractivity contribution in [3.63, 3.8) is 0 Å². The van der Waals surface area contributed by atoms with Gasteiger partial charge in [-0.05, 0) is 56.8 Å². The highest BCUT2D eigenvalue weighted by Gasteiger charge is 2.21. The van der Waals surface area contributed by atoms with Gasteiger partial charge in [0.05, 0.1) is 7.11 Å². The largest absolute Gasteiger partial charge is 0.497 e. The molecule has 106 valence electrons. The lowest BCUT2D eigenvalue weighted by molar-refractivity contribution is 0.185. The lowest BCUT2D eigenvalue weighted by atomic mass is 9.91. The highest BCUT2D eigenvalue weighted by Crippen LogP contribution is 2.21. The van der Waals surface area contributed by atoms with Crippen LogP contribution in [0.15, 0.2) is 24.3 Å². The summed E-state index contributed by atoms with van der Waals surface area (Å²) in [6.45, 7) is 1.12. The molecule has 1 aromatic carbocycles. The van der Waals surface area contributed by atoms with Crippen LogP contribution < -0.4 is 10.5 Å². The first-order chi connectivity index (χ1) is 9.19. The summed E-state index contributed by atoms with van der Waals surface area (Å²) in [6.07, 6.45) is 5.96. The molecule has 2 N–H and O–H groups in total. The molecule has 1 saturated carbocycles. The number of nitrogens with two attached hydrogens (primary N) is 1. The van der Waals surface area contributed by atoms with Crippen LogP contribution in [0.2, 0.25) is 0 Å². The molecular formula is C16H26N2O. The highest BCUT2D eigenvalue weighted by atomic mass is 16.5. The maximum absolute atomic E-state index is 5.96. The standard InChI is InChI=1S/C16H26N2O/c1-18(15-7-5-14(17)6-8-15)12-11-13-3-9-16(19-2)10-4-13/h3-4,9-10,14-15H,5-8,11-12,17H2,1-2H3. The Balaban J connectivity index is 1.77. The van der Waals surface area contributed by atoms with Gasteiger partial charge in [-0.2, -0.15) is 0 Å². The van der Waals surface area contributed by atoms with Crippen LogP contribution >= 0.6 is 0 Å². The molecule has 0 unspecified atom stereocenters. The number of methoxy groups -OCH3 is 1. The van der Waals surface area contributed by atoms with E-state index in [0.717, 1.165) is 24.8 Å². The number of ether oxygens (including phenoxy) is 1. The molecule has 0 radical (unpaired) electrons. The second-order valence-electron chi connectivity index (χ2n) is 5.65. The fraction of sp³-hybridized carbons (Fsp3) is 0.625. The summed E-state index contributed by atoms with van der Waals surface area (Å²) in [5.74, 6) is 0.929. The monoisotopic (exact) mass is 262 g/mol. The summed E-state index contributed by atoms with van der Waals surface area (Å²) in [7, 11) is 3.95. The van der Waals surface area contributed by atoms with Gasteiger partial charge < -0.3 is 15.4 Å². The quantitative estimate of drug-likeness (QED) is 0.886. The van der Waals surface area contributed by atoms with Crippen molar-refractivity contribution in [3.8, 4) is 5.75 Å². The minimum Gasteiger partial charge on any atom is -0.497 e. The van der Waals surface area contributed by atoms with Crippen molar-refractivity contribution < 1.29 is 4.74 Å². The van der Waals surface area contributed by atoms with Gasteiger partial charge in [0.1, 0.15) is 5.75 Å². The van der Waals surface area contributed by atoms with Gasteiger partial charge >= 0.3 is 0 Å². The lowest BCUT2D eigenvalue weighted by Gasteiger charge is -2.33. The van der Waals surface area contributed by atoms with E-state index in [1.54, 1.807) is 7.11 Å². The van der Waals surface area contributed by atoms with Gasteiger partial charge in [-0.25, -0.2) is 0 Å². The molecule has 3 nitrogen and oxygen atoms in total. The molecule has 0 saturated heterocycles. The molecule has 0 amide bonds. The predicted molar refractivity (Wildman–Crippen MR) is 79.6 cm³/mol. The van der Waals surface area contributed by atoms with E-state index in [0.29, 0.717) is 6.04 Å². The maximum atomic E-state index is 5.96. The van der Waals surface area contributed by atoms with Crippen molar-refractivity contribution in [3.05, 3.63) is 29.8 Å². The van der Waals surface area contributed by atoms with Crippen LogP contribution in [0, 0.1) is 0 Å². The van der Waals surface area contributed by atoms with Crippen molar-refractivity contribution in [2.45, 2.75) is 44.2 Å². The van der Waals surface area contributed by atoms with Crippen LogP contribution in [0.25, 0.3) is 0 Å². The zero-order valence-electron chi connectivity index (χ0n) is 12.1. The van der Waals surface area contributed by atoms with Gasteiger partial charge in [-0.3, -0.25) is 0 Å². The summed E-state index contributed by atoms with van der Waals surface area (Å²) in [5, 5.41) is 0. The molecule has 1 fully saturated rings.